The minimum atomic E-state index is 1.20. The molecule has 0 rings (SSSR count). The van der Waals surface area contributed by atoms with E-state index in [2.05, 4.69) is 33.0 Å². The van der Waals surface area contributed by atoms with E-state index in [0.717, 1.165) is 0 Å². The molecule has 0 saturated heterocycles. The van der Waals surface area contributed by atoms with Gasteiger partial charge in [0.1, 0.15) is 0 Å². The number of hydrogen-bond donors (Lipinski definition) is 1. The highest BCUT2D eigenvalue weighted by atomic mass is 14.8. The fourth-order valence-electron chi connectivity index (χ4n) is 1.58. The average molecular weight is 243 g/mol. The molecule has 0 atom stereocenters. The van der Waals surface area contributed by atoms with E-state index in [0.29, 0.717) is 0 Å². The van der Waals surface area contributed by atoms with E-state index in [1.165, 1.54) is 77.3 Å². The average Bonchev–Trinajstić information content (AvgIpc) is 2.36. The molecule has 1 heteroatoms. The Balaban J connectivity index is 0. The summed E-state index contributed by atoms with van der Waals surface area (Å²) in [5.41, 5.74) is 0. The van der Waals surface area contributed by atoms with Gasteiger partial charge in [-0.3, -0.25) is 0 Å². The predicted molar refractivity (Wildman–Crippen MR) is 81.7 cm³/mol. The van der Waals surface area contributed by atoms with Gasteiger partial charge in [0.15, 0.2) is 0 Å². The van der Waals surface area contributed by atoms with Gasteiger partial charge in [-0.2, -0.15) is 0 Å². The summed E-state index contributed by atoms with van der Waals surface area (Å²) in [4.78, 5) is 0. The summed E-state index contributed by atoms with van der Waals surface area (Å²) >= 11 is 0. The molecule has 0 radical (unpaired) electrons. The first kappa shape index (κ1) is 19.3. The van der Waals surface area contributed by atoms with Crippen molar-refractivity contribution in [2.24, 2.45) is 0 Å². The molecule has 0 fully saturated rings. The summed E-state index contributed by atoms with van der Waals surface area (Å²) in [6, 6.07) is 0. The van der Waals surface area contributed by atoms with Gasteiger partial charge in [0.25, 0.3) is 0 Å². The Morgan fingerprint density at radius 2 is 0.824 bits per heavy atom. The van der Waals surface area contributed by atoms with Crippen molar-refractivity contribution in [1.29, 1.82) is 0 Å². The maximum Gasteiger partial charge on any atom is -0.00490 e. The van der Waals surface area contributed by atoms with E-state index in [-0.39, 0.29) is 0 Å². The molecule has 106 valence electrons. The highest BCUT2D eigenvalue weighted by molar-refractivity contribution is 4.45. The Labute approximate surface area is 111 Å². The standard InChI is InChI=1S/C8H19N.C8H18/c1-3-5-7-9-8-6-4-2;1-3-5-7-8-6-4-2/h9H,3-8H2,1-2H3;3-8H2,1-2H3. The topological polar surface area (TPSA) is 12.0 Å². The highest BCUT2D eigenvalue weighted by Crippen LogP contribution is 2.03. The van der Waals surface area contributed by atoms with Crippen molar-refractivity contribution in [2.45, 2.75) is 91.9 Å². The molecule has 0 saturated carbocycles. The molecular formula is C16H37N. The Morgan fingerprint density at radius 1 is 0.471 bits per heavy atom. The Bertz CT molecular complexity index is 89.7. The lowest BCUT2D eigenvalue weighted by Gasteiger charge is -1.99. The number of hydrogen-bond acceptors (Lipinski definition) is 1. The molecule has 0 heterocycles. The second-order valence-corrected chi connectivity index (χ2v) is 4.87. The monoisotopic (exact) mass is 243 g/mol. The lowest BCUT2D eigenvalue weighted by molar-refractivity contribution is 0.611. The van der Waals surface area contributed by atoms with E-state index >= 15 is 0 Å². The van der Waals surface area contributed by atoms with Gasteiger partial charge in [-0.25, -0.2) is 0 Å². The van der Waals surface area contributed by atoms with Gasteiger partial charge in [-0.15, -0.1) is 0 Å². The molecule has 0 bridgehead atoms. The number of nitrogens with one attached hydrogen (secondary N) is 1. The van der Waals surface area contributed by atoms with Crippen LogP contribution in [0, 0.1) is 0 Å². The van der Waals surface area contributed by atoms with Crippen molar-refractivity contribution in [3.8, 4) is 0 Å². The zero-order valence-electron chi connectivity index (χ0n) is 13.0. The van der Waals surface area contributed by atoms with Crippen LogP contribution in [0.5, 0.6) is 0 Å². The zero-order chi connectivity index (χ0) is 13.2. The summed E-state index contributed by atoms with van der Waals surface area (Å²) in [6.45, 7) is 11.4. The van der Waals surface area contributed by atoms with Gasteiger partial charge in [-0.1, -0.05) is 79.1 Å². The number of unbranched alkanes of at least 4 members (excludes halogenated alkanes) is 7. The van der Waals surface area contributed by atoms with Crippen LogP contribution in [-0.2, 0) is 0 Å². The molecule has 0 unspecified atom stereocenters. The van der Waals surface area contributed by atoms with Crippen LogP contribution in [0.15, 0.2) is 0 Å². The van der Waals surface area contributed by atoms with Crippen molar-refractivity contribution < 1.29 is 0 Å². The summed E-state index contributed by atoms with van der Waals surface area (Å²) in [7, 11) is 0. The first-order valence-corrected chi connectivity index (χ1v) is 8.04. The fourth-order valence-corrected chi connectivity index (χ4v) is 1.58. The molecule has 0 aromatic carbocycles. The van der Waals surface area contributed by atoms with Crippen LogP contribution in [0.3, 0.4) is 0 Å². The van der Waals surface area contributed by atoms with Crippen molar-refractivity contribution in [2.75, 3.05) is 13.1 Å². The van der Waals surface area contributed by atoms with E-state index in [1.54, 1.807) is 0 Å². The van der Waals surface area contributed by atoms with E-state index in [4.69, 9.17) is 0 Å². The van der Waals surface area contributed by atoms with Crippen molar-refractivity contribution in [1.82, 2.24) is 5.32 Å². The molecule has 0 amide bonds. The Kier molecular flexibility index (Phi) is 24.1. The first-order valence-electron chi connectivity index (χ1n) is 8.04. The minimum Gasteiger partial charge on any atom is -0.317 e. The zero-order valence-corrected chi connectivity index (χ0v) is 13.0. The second kappa shape index (κ2) is 21.3. The van der Waals surface area contributed by atoms with Crippen LogP contribution in [0.2, 0.25) is 0 Å². The molecular weight excluding hydrogens is 206 g/mol. The van der Waals surface area contributed by atoms with Gasteiger partial charge in [0.05, 0.1) is 0 Å². The molecule has 0 aliphatic heterocycles. The van der Waals surface area contributed by atoms with E-state index in [9.17, 15) is 0 Å². The molecule has 0 aromatic rings. The van der Waals surface area contributed by atoms with Crippen LogP contribution in [0.4, 0.5) is 0 Å². The molecule has 0 aromatic heterocycles. The summed E-state index contributed by atoms with van der Waals surface area (Å²) < 4.78 is 0. The van der Waals surface area contributed by atoms with Crippen LogP contribution in [0.1, 0.15) is 91.9 Å². The third-order valence-electron chi connectivity index (χ3n) is 2.87. The van der Waals surface area contributed by atoms with E-state index in [1.807, 2.05) is 0 Å². The van der Waals surface area contributed by atoms with Gasteiger partial charge in [0, 0.05) is 0 Å². The molecule has 0 aliphatic rings. The third-order valence-corrected chi connectivity index (χ3v) is 2.87. The number of rotatable bonds is 11. The largest absolute Gasteiger partial charge is 0.317 e. The predicted octanol–water partition coefficient (Wildman–Crippen LogP) is 5.54. The fraction of sp³-hybridized carbons (Fsp3) is 1.00. The molecule has 0 spiro atoms. The van der Waals surface area contributed by atoms with Crippen LogP contribution in [-0.4, -0.2) is 13.1 Å². The van der Waals surface area contributed by atoms with E-state index < -0.39 is 0 Å². The van der Waals surface area contributed by atoms with Crippen LogP contribution >= 0.6 is 0 Å². The normalized spacial score (nSPS) is 9.88. The minimum absolute atomic E-state index is 1.20. The van der Waals surface area contributed by atoms with Gasteiger partial charge < -0.3 is 5.32 Å². The van der Waals surface area contributed by atoms with Gasteiger partial charge in [-0.05, 0) is 25.9 Å². The first-order chi connectivity index (χ1) is 8.33. The SMILES string of the molecule is CCCCCCCC.CCCCNCCCC. The van der Waals surface area contributed by atoms with Crippen molar-refractivity contribution in [3.05, 3.63) is 0 Å². The maximum absolute atomic E-state index is 3.39. The van der Waals surface area contributed by atoms with Crippen LogP contribution in [0.25, 0.3) is 0 Å². The smallest absolute Gasteiger partial charge is 0.00490 e. The van der Waals surface area contributed by atoms with Gasteiger partial charge >= 0.3 is 0 Å². The molecule has 1 nitrogen and oxygen atoms in total. The lowest BCUT2D eigenvalue weighted by atomic mass is 10.1. The Morgan fingerprint density at radius 3 is 1.12 bits per heavy atom. The van der Waals surface area contributed by atoms with Crippen LogP contribution < -0.4 is 5.32 Å². The maximum atomic E-state index is 3.39. The van der Waals surface area contributed by atoms with Crippen molar-refractivity contribution >= 4 is 0 Å². The third kappa shape index (κ3) is 25.9. The summed E-state index contributed by atoms with van der Waals surface area (Å²) in [6.07, 6.45) is 13.7. The van der Waals surface area contributed by atoms with Gasteiger partial charge in [0.2, 0.25) is 0 Å². The second-order valence-electron chi connectivity index (χ2n) is 4.87. The molecule has 1 N–H and O–H groups in total. The Hall–Kier alpha value is -0.0400. The highest BCUT2D eigenvalue weighted by Gasteiger charge is 1.84. The quantitative estimate of drug-likeness (QED) is 0.470. The summed E-state index contributed by atoms with van der Waals surface area (Å²) in [5, 5.41) is 3.39. The molecule has 17 heavy (non-hydrogen) atoms. The molecule has 0 aliphatic carbocycles. The summed E-state index contributed by atoms with van der Waals surface area (Å²) in [5.74, 6) is 0. The lowest BCUT2D eigenvalue weighted by Crippen LogP contribution is -2.15. The van der Waals surface area contributed by atoms with Crippen molar-refractivity contribution in [3.63, 3.8) is 0 Å².